The van der Waals surface area contributed by atoms with E-state index >= 15 is 0 Å². The van der Waals surface area contributed by atoms with Crippen molar-refractivity contribution in [3.63, 3.8) is 0 Å². The van der Waals surface area contributed by atoms with Gasteiger partial charge in [-0.1, -0.05) is 18.2 Å². The summed E-state index contributed by atoms with van der Waals surface area (Å²) in [5.41, 5.74) is 0. The molecular formula is C14H19NO9S. The molecule has 0 radical (unpaired) electrons. The Morgan fingerprint density at radius 1 is 1.32 bits per heavy atom. The number of amides is 1. The summed E-state index contributed by atoms with van der Waals surface area (Å²) in [6, 6.07) is 6.99. The molecule has 0 bridgehead atoms. The van der Waals surface area contributed by atoms with Gasteiger partial charge in [-0.2, -0.15) is 8.42 Å². The van der Waals surface area contributed by atoms with Gasteiger partial charge in [-0.15, -0.1) is 0 Å². The highest BCUT2D eigenvalue weighted by Crippen LogP contribution is 2.27. The average molecular weight is 377 g/mol. The maximum Gasteiger partial charge on any atom is 0.397 e. The van der Waals surface area contributed by atoms with Crippen LogP contribution in [0.2, 0.25) is 0 Å². The van der Waals surface area contributed by atoms with E-state index in [1.165, 1.54) is 0 Å². The largest absolute Gasteiger partial charge is 0.463 e. The monoisotopic (exact) mass is 377 g/mol. The third kappa shape index (κ3) is 5.36. The summed E-state index contributed by atoms with van der Waals surface area (Å²) in [6.07, 6.45) is -5.85. The number of nitrogens with one attached hydrogen (secondary N) is 1. The van der Waals surface area contributed by atoms with Crippen LogP contribution in [0.5, 0.6) is 5.75 Å². The van der Waals surface area contributed by atoms with Gasteiger partial charge in [-0.3, -0.25) is 9.35 Å². The van der Waals surface area contributed by atoms with Crippen LogP contribution in [0.25, 0.3) is 0 Å². The predicted octanol–water partition coefficient (Wildman–Crippen LogP) is -1.16. The molecule has 0 aromatic heterocycles. The Morgan fingerprint density at radius 2 is 1.96 bits per heavy atom. The van der Waals surface area contributed by atoms with Crippen LogP contribution in [0.3, 0.4) is 0 Å². The van der Waals surface area contributed by atoms with Gasteiger partial charge in [0.2, 0.25) is 12.2 Å². The lowest BCUT2D eigenvalue weighted by Gasteiger charge is -2.43. The maximum atomic E-state index is 11.5. The standard InChI is InChI=1S/C14H19NO9S/c1-8(17)15-11-13(24-25(19,20)21)12(18)10(7-16)23-14(11)22-9-5-3-2-4-6-9/h2-6,10-14,16,18H,7H2,1H3,(H,15,17)(H,19,20,21)/t10-,11-,12+,13-,14+/m1/s1. The first-order chi connectivity index (χ1) is 11.7. The number of aliphatic hydroxyl groups is 2. The summed E-state index contributed by atoms with van der Waals surface area (Å²) >= 11 is 0. The number of aliphatic hydroxyl groups excluding tert-OH is 2. The lowest BCUT2D eigenvalue weighted by molar-refractivity contribution is -0.239. The molecule has 4 N–H and O–H groups in total. The summed E-state index contributed by atoms with van der Waals surface area (Å²) in [7, 11) is -4.96. The molecular weight excluding hydrogens is 358 g/mol. The number of para-hydroxylation sites is 1. The highest BCUT2D eigenvalue weighted by molar-refractivity contribution is 7.80. The molecule has 2 rings (SSSR count). The van der Waals surface area contributed by atoms with E-state index in [4.69, 9.17) is 14.0 Å². The molecule has 1 aliphatic rings. The van der Waals surface area contributed by atoms with E-state index in [2.05, 4.69) is 9.50 Å². The third-order valence-corrected chi connectivity index (χ3v) is 3.92. The van der Waals surface area contributed by atoms with Crippen LogP contribution < -0.4 is 10.1 Å². The van der Waals surface area contributed by atoms with Crippen LogP contribution in [0.1, 0.15) is 6.92 Å². The van der Waals surface area contributed by atoms with Gasteiger partial charge in [0.05, 0.1) is 6.61 Å². The second kappa shape index (κ2) is 8.08. The lowest BCUT2D eigenvalue weighted by atomic mass is 9.97. The fourth-order valence-corrected chi connectivity index (χ4v) is 2.96. The summed E-state index contributed by atoms with van der Waals surface area (Å²) in [4.78, 5) is 11.5. The first kappa shape index (κ1) is 19.6. The van der Waals surface area contributed by atoms with Gasteiger partial charge in [0.25, 0.3) is 0 Å². The number of rotatable bonds is 6. The normalized spacial score (nSPS) is 29.8. The first-order valence-corrected chi connectivity index (χ1v) is 8.66. The number of benzene rings is 1. The van der Waals surface area contributed by atoms with Crippen LogP contribution in [0, 0.1) is 0 Å². The number of ether oxygens (including phenoxy) is 2. The molecule has 0 unspecified atom stereocenters. The third-order valence-electron chi connectivity index (χ3n) is 3.45. The number of carbonyl (C=O) groups excluding carboxylic acids is 1. The minimum atomic E-state index is -4.96. The molecule has 1 aromatic rings. The van der Waals surface area contributed by atoms with Crippen LogP contribution >= 0.6 is 0 Å². The van der Waals surface area contributed by atoms with E-state index in [0.29, 0.717) is 5.75 Å². The van der Waals surface area contributed by atoms with Crippen molar-refractivity contribution < 1.29 is 41.6 Å². The van der Waals surface area contributed by atoms with Gasteiger partial charge in [0.1, 0.15) is 30.1 Å². The molecule has 0 spiro atoms. The fraction of sp³-hybridized carbons (Fsp3) is 0.500. The average Bonchev–Trinajstić information content (AvgIpc) is 2.53. The van der Waals surface area contributed by atoms with Crippen LogP contribution in [0.15, 0.2) is 30.3 Å². The Balaban J connectivity index is 2.34. The van der Waals surface area contributed by atoms with Crippen molar-refractivity contribution in [2.45, 2.75) is 37.6 Å². The molecule has 1 fully saturated rings. The summed E-state index contributed by atoms with van der Waals surface area (Å²) in [5.74, 6) is -0.240. The molecule has 5 atom stereocenters. The minimum absolute atomic E-state index is 0.335. The number of hydrogen-bond donors (Lipinski definition) is 4. The van der Waals surface area contributed by atoms with E-state index in [9.17, 15) is 23.4 Å². The highest BCUT2D eigenvalue weighted by atomic mass is 32.3. The zero-order valence-corrected chi connectivity index (χ0v) is 14.0. The van der Waals surface area contributed by atoms with E-state index in [-0.39, 0.29) is 0 Å². The molecule has 10 nitrogen and oxygen atoms in total. The van der Waals surface area contributed by atoms with Gasteiger partial charge < -0.3 is 25.0 Å². The van der Waals surface area contributed by atoms with Crippen molar-refractivity contribution in [2.75, 3.05) is 6.61 Å². The van der Waals surface area contributed by atoms with Gasteiger partial charge in [0.15, 0.2) is 0 Å². The quantitative estimate of drug-likeness (QED) is 0.450. The SMILES string of the molecule is CC(=O)N[C@H]1[C@@H](Oc2ccccc2)O[C@H](CO)[C@H](O)[C@@H]1OS(=O)(=O)O. The molecule has 1 aromatic carbocycles. The van der Waals surface area contributed by atoms with E-state index in [0.717, 1.165) is 6.92 Å². The molecule has 1 saturated heterocycles. The smallest absolute Gasteiger partial charge is 0.397 e. The molecule has 0 saturated carbocycles. The topological polar surface area (TPSA) is 152 Å². The van der Waals surface area contributed by atoms with E-state index in [1.54, 1.807) is 30.3 Å². The highest BCUT2D eigenvalue weighted by Gasteiger charge is 2.49. The Hall–Kier alpha value is -1.76. The Kier molecular flexibility index (Phi) is 6.32. The fourth-order valence-electron chi connectivity index (χ4n) is 2.44. The van der Waals surface area contributed by atoms with E-state index < -0.39 is 53.6 Å². The molecule has 1 heterocycles. The predicted molar refractivity (Wildman–Crippen MR) is 82.8 cm³/mol. The van der Waals surface area contributed by atoms with Crippen molar-refractivity contribution in [3.8, 4) is 5.75 Å². The second-order valence-electron chi connectivity index (χ2n) is 5.36. The summed E-state index contributed by atoms with van der Waals surface area (Å²) in [5, 5.41) is 21.9. The van der Waals surface area contributed by atoms with Gasteiger partial charge in [-0.05, 0) is 12.1 Å². The zero-order valence-electron chi connectivity index (χ0n) is 13.2. The van der Waals surface area contributed by atoms with Crippen molar-refractivity contribution in [3.05, 3.63) is 30.3 Å². The Bertz CT molecular complexity index is 681. The van der Waals surface area contributed by atoms with Crippen LogP contribution in [-0.2, 0) is 24.1 Å². The molecule has 1 amide bonds. The Morgan fingerprint density at radius 3 is 2.48 bits per heavy atom. The molecule has 11 heteroatoms. The van der Waals surface area contributed by atoms with Crippen molar-refractivity contribution >= 4 is 16.3 Å². The molecule has 1 aliphatic heterocycles. The van der Waals surface area contributed by atoms with Crippen molar-refractivity contribution in [1.82, 2.24) is 5.32 Å². The number of hydrogen-bond acceptors (Lipinski definition) is 8. The Labute approximate surface area is 144 Å². The van der Waals surface area contributed by atoms with Crippen LogP contribution in [0.4, 0.5) is 0 Å². The van der Waals surface area contributed by atoms with Gasteiger partial charge >= 0.3 is 10.4 Å². The lowest BCUT2D eigenvalue weighted by Crippen LogP contribution is -2.66. The van der Waals surface area contributed by atoms with Crippen LogP contribution in [-0.4, -0.2) is 66.3 Å². The minimum Gasteiger partial charge on any atom is -0.463 e. The summed E-state index contributed by atoms with van der Waals surface area (Å²) < 4.78 is 46.7. The zero-order chi connectivity index (χ0) is 18.6. The van der Waals surface area contributed by atoms with E-state index in [1.807, 2.05) is 0 Å². The summed E-state index contributed by atoms with van der Waals surface area (Å²) in [6.45, 7) is 0.489. The van der Waals surface area contributed by atoms with Crippen molar-refractivity contribution in [2.24, 2.45) is 0 Å². The molecule has 140 valence electrons. The first-order valence-electron chi connectivity index (χ1n) is 7.30. The van der Waals surface area contributed by atoms with Gasteiger partial charge in [-0.25, -0.2) is 4.18 Å². The molecule has 0 aliphatic carbocycles. The maximum absolute atomic E-state index is 11.5. The van der Waals surface area contributed by atoms with Crippen molar-refractivity contribution in [1.29, 1.82) is 0 Å². The number of carbonyl (C=O) groups is 1. The van der Waals surface area contributed by atoms with Gasteiger partial charge in [0, 0.05) is 6.92 Å². The second-order valence-corrected chi connectivity index (χ2v) is 6.41. The molecule has 25 heavy (non-hydrogen) atoms.